The van der Waals surface area contributed by atoms with Gasteiger partial charge in [0.25, 0.3) is 0 Å². The summed E-state index contributed by atoms with van der Waals surface area (Å²) in [5.74, 6) is -0.921. The quantitative estimate of drug-likeness (QED) is 0.738. The van der Waals surface area contributed by atoms with Crippen LogP contribution in [-0.2, 0) is 9.59 Å². The van der Waals surface area contributed by atoms with E-state index in [-0.39, 0.29) is 23.7 Å². The molecule has 0 bridgehead atoms. The molecule has 5 heteroatoms. The molecule has 0 radical (unpaired) electrons. The van der Waals surface area contributed by atoms with E-state index in [1.54, 1.807) is 19.9 Å². The maximum Gasteiger partial charge on any atom is 0.237 e. The van der Waals surface area contributed by atoms with E-state index >= 15 is 0 Å². The van der Waals surface area contributed by atoms with Gasteiger partial charge >= 0.3 is 0 Å². The summed E-state index contributed by atoms with van der Waals surface area (Å²) in [7, 11) is 0. The molecule has 2 rings (SSSR count). The highest BCUT2D eigenvalue weighted by Gasteiger charge is 2.43. The summed E-state index contributed by atoms with van der Waals surface area (Å²) >= 11 is 9.44. The average molecular weight is 331 g/mol. The zero-order valence-corrected chi connectivity index (χ0v) is 12.7. The molecule has 0 N–H and O–H groups in total. The molecule has 2 atom stereocenters. The minimum Gasteiger partial charge on any atom is -0.274 e. The van der Waals surface area contributed by atoms with Crippen molar-refractivity contribution < 1.29 is 9.59 Å². The molecule has 96 valence electrons. The molecule has 2 unspecified atom stereocenters. The van der Waals surface area contributed by atoms with E-state index in [4.69, 9.17) is 11.6 Å². The van der Waals surface area contributed by atoms with E-state index in [1.807, 2.05) is 13.0 Å². The number of benzene rings is 1. The van der Waals surface area contributed by atoms with Gasteiger partial charge in [-0.3, -0.25) is 9.59 Å². The monoisotopic (exact) mass is 329 g/mol. The van der Waals surface area contributed by atoms with Gasteiger partial charge in [-0.25, -0.2) is 4.90 Å². The lowest BCUT2D eigenvalue weighted by Gasteiger charge is -2.17. The molecule has 1 aromatic rings. The maximum absolute atomic E-state index is 12.1. The molecule has 1 saturated heterocycles. The van der Waals surface area contributed by atoms with E-state index in [2.05, 4.69) is 15.9 Å². The molecule has 0 saturated carbocycles. The van der Waals surface area contributed by atoms with Crippen LogP contribution in [-0.4, -0.2) is 11.8 Å². The van der Waals surface area contributed by atoms with Gasteiger partial charge in [0.05, 0.1) is 5.69 Å². The topological polar surface area (TPSA) is 37.4 Å². The predicted molar refractivity (Wildman–Crippen MR) is 74.7 cm³/mol. The first kappa shape index (κ1) is 13.6. The van der Waals surface area contributed by atoms with Gasteiger partial charge < -0.3 is 0 Å². The van der Waals surface area contributed by atoms with Crippen molar-refractivity contribution in [2.24, 2.45) is 11.8 Å². The summed E-state index contributed by atoms with van der Waals surface area (Å²) in [5, 5.41) is 0.543. The summed E-state index contributed by atoms with van der Waals surface area (Å²) in [6, 6.07) is 3.47. The average Bonchev–Trinajstić information content (AvgIpc) is 2.50. The normalized spacial score (nSPS) is 23.9. The molecule has 1 aromatic carbocycles. The van der Waals surface area contributed by atoms with Crippen LogP contribution >= 0.6 is 27.5 Å². The van der Waals surface area contributed by atoms with E-state index in [0.717, 1.165) is 5.56 Å². The Labute approximate surface area is 119 Å². The summed E-state index contributed by atoms with van der Waals surface area (Å²) in [5.41, 5.74) is 1.42. The van der Waals surface area contributed by atoms with Crippen LogP contribution in [0.5, 0.6) is 0 Å². The Balaban J connectivity index is 2.53. The molecule has 0 aromatic heterocycles. The fourth-order valence-corrected chi connectivity index (χ4v) is 2.78. The van der Waals surface area contributed by atoms with Crippen LogP contribution in [0.3, 0.4) is 0 Å². The van der Waals surface area contributed by atoms with E-state index in [1.165, 1.54) is 4.90 Å². The summed E-state index contributed by atoms with van der Waals surface area (Å²) < 4.78 is 0.701. The zero-order chi connectivity index (χ0) is 13.6. The van der Waals surface area contributed by atoms with E-state index in [0.29, 0.717) is 15.2 Å². The fourth-order valence-electron chi connectivity index (χ4n) is 1.99. The van der Waals surface area contributed by atoms with Gasteiger partial charge in [-0.2, -0.15) is 0 Å². The van der Waals surface area contributed by atoms with Gasteiger partial charge in [-0.15, -0.1) is 0 Å². The molecule has 1 aliphatic heterocycles. The molecular formula is C13H13BrClNO2. The van der Waals surface area contributed by atoms with Crippen LogP contribution in [0.25, 0.3) is 0 Å². The highest BCUT2D eigenvalue weighted by atomic mass is 79.9. The Kier molecular flexibility index (Phi) is 3.52. The van der Waals surface area contributed by atoms with Crippen LogP contribution in [0.2, 0.25) is 5.02 Å². The van der Waals surface area contributed by atoms with Gasteiger partial charge in [-0.1, -0.05) is 25.4 Å². The number of nitrogens with zero attached hydrogens (tertiary/aromatic N) is 1. The molecule has 2 amide bonds. The van der Waals surface area contributed by atoms with Crippen molar-refractivity contribution in [1.29, 1.82) is 0 Å². The Hall–Kier alpha value is -0.870. The number of hydrogen-bond acceptors (Lipinski definition) is 2. The zero-order valence-electron chi connectivity index (χ0n) is 10.3. The third-order valence-electron chi connectivity index (χ3n) is 3.44. The van der Waals surface area contributed by atoms with E-state index in [9.17, 15) is 9.59 Å². The molecule has 1 fully saturated rings. The second-order valence-electron chi connectivity index (χ2n) is 4.64. The van der Waals surface area contributed by atoms with Gasteiger partial charge in [0.15, 0.2) is 0 Å². The Morgan fingerprint density at radius 2 is 1.67 bits per heavy atom. The minimum atomic E-state index is -0.288. The van der Waals surface area contributed by atoms with Gasteiger partial charge in [-0.05, 0) is 40.5 Å². The summed E-state index contributed by atoms with van der Waals surface area (Å²) in [6.07, 6.45) is 0. The number of anilines is 1. The van der Waals surface area contributed by atoms with Crippen molar-refractivity contribution in [2.75, 3.05) is 4.90 Å². The molecule has 0 aliphatic carbocycles. The lowest BCUT2D eigenvalue weighted by Crippen LogP contribution is -2.31. The van der Waals surface area contributed by atoms with Gasteiger partial charge in [0.2, 0.25) is 11.8 Å². The number of carbonyl (C=O) groups is 2. The van der Waals surface area contributed by atoms with Crippen LogP contribution in [0, 0.1) is 18.8 Å². The molecule has 1 aliphatic rings. The molecule has 18 heavy (non-hydrogen) atoms. The number of amides is 2. The van der Waals surface area contributed by atoms with Crippen LogP contribution in [0.4, 0.5) is 5.69 Å². The highest BCUT2D eigenvalue weighted by molar-refractivity contribution is 9.10. The molecular weight excluding hydrogens is 318 g/mol. The third-order valence-corrected chi connectivity index (χ3v) is 4.48. The molecule has 1 heterocycles. The summed E-state index contributed by atoms with van der Waals surface area (Å²) in [4.78, 5) is 25.5. The van der Waals surface area contributed by atoms with Crippen LogP contribution in [0.15, 0.2) is 16.6 Å². The van der Waals surface area contributed by atoms with Crippen molar-refractivity contribution in [2.45, 2.75) is 20.8 Å². The Morgan fingerprint density at radius 3 is 2.17 bits per heavy atom. The first-order chi connectivity index (χ1) is 8.34. The van der Waals surface area contributed by atoms with Gasteiger partial charge in [0.1, 0.15) is 0 Å². The molecule has 3 nitrogen and oxygen atoms in total. The largest absolute Gasteiger partial charge is 0.274 e. The van der Waals surface area contributed by atoms with Gasteiger partial charge in [0, 0.05) is 21.3 Å². The van der Waals surface area contributed by atoms with Crippen molar-refractivity contribution >= 4 is 45.0 Å². The van der Waals surface area contributed by atoms with Crippen molar-refractivity contribution in [3.63, 3.8) is 0 Å². The minimum absolute atomic E-state index is 0.173. The Bertz CT molecular complexity index is 524. The Morgan fingerprint density at radius 1 is 1.17 bits per heavy atom. The second-order valence-corrected chi connectivity index (χ2v) is 5.90. The first-order valence-electron chi connectivity index (χ1n) is 5.68. The number of rotatable bonds is 1. The van der Waals surface area contributed by atoms with E-state index < -0.39 is 0 Å². The number of aryl methyl sites for hydroxylation is 1. The fraction of sp³-hybridized carbons (Fsp3) is 0.385. The van der Waals surface area contributed by atoms with Crippen molar-refractivity contribution in [1.82, 2.24) is 0 Å². The van der Waals surface area contributed by atoms with Crippen molar-refractivity contribution in [3.8, 4) is 0 Å². The first-order valence-corrected chi connectivity index (χ1v) is 6.85. The SMILES string of the molecule is Cc1cc(Br)c(N2C(=O)C(C)C(C)C2=O)cc1Cl. The second kappa shape index (κ2) is 4.67. The van der Waals surface area contributed by atoms with Crippen molar-refractivity contribution in [3.05, 3.63) is 27.2 Å². The summed E-state index contributed by atoms with van der Waals surface area (Å²) in [6.45, 7) is 5.42. The standard InChI is InChI=1S/C13H13BrClNO2/c1-6-4-9(14)11(5-10(6)15)16-12(17)7(2)8(3)13(16)18/h4-5,7-8H,1-3H3. The number of hydrogen-bond donors (Lipinski definition) is 0. The number of carbonyl (C=O) groups excluding carboxylic acids is 2. The van der Waals surface area contributed by atoms with Crippen LogP contribution < -0.4 is 4.90 Å². The number of halogens is 2. The maximum atomic E-state index is 12.1. The smallest absolute Gasteiger partial charge is 0.237 e. The predicted octanol–water partition coefficient (Wildman–Crippen LogP) is 3.56. The highest BCUT2D eigenvalue weighted by Crippen LogP contribution is 2.37. The lowest BCUT2D eigenvalue weighted by atomic mass is 10.00. The number of imide groups is 1. The molecule has 0 spiro atoms. The van der Waals surface area contributed by atoms with Crippen LogP contribution in [0.1, 0.15) is 19.4 Å². The lowest BCUT2D eigenvalue weighted by molar-refractivity contribution is -0.122. The third kappa shape index (κ3) is 1.97.